The number of hydrogen-bond donors (Lipinski definition) is 2. The number of carbonyl (C=O) groups excluding carboxylic acids is 2. The minimum atomic E-state index is -1.32. The highest BCUT2D eigenvalue weighted by atomic mass is 16.6. The Hall–Kier alpha value is -3.39. The molecule has 2 aromatic rings. The van der Waals surface area contributed by atoms with Crippen molar-refractivity contribution in [3.63, 3.8) is 0 Å². The van der Waals surface area contributed by atoms with Crippen molar-refractivity contribution < 1.29 is 29.0 Å². The summed E-state index contributed by atoms with van der Waals surface area (Å²) in [6.07, 6.45) is 1.07. The number of carboxylic acids is 1. The summed E-state index contributed by atoms with van der Waals surface area (Å²) in [7, 11) is 0. The van der Waals surface area contributed by atoms with Gasteiger partial charge >= 0.3 is 12.1 Å². The molecule has 1 aliphatic heterocycles. The SMILES string of the molecule is CC(C(=O)O)N(C(=O)C1(NC(=O)OCC2c3ccccc3-c3ccccc32)CCOC1)C1CC1. The van der Waals surface area contributed by atoms with E-state index in [-0.39, 0.29) is 31.6 Å². The molecule has 2 fully saturated rings. The average Bonchev–Trinajstić information content (AvgIpc) is 3.46. The minimum Gasteiger partial charge on any atom is -0.480 e. The number of amides is 2. The van der Waals surface area contributed by atoms with Crippen molar-refractivity contribution in [1.29, 1.82) is 0 Å². The van der Waals surface area contributed by atoms with E-state index in [0.29, 0.717) is 6.61 Å². The normalized spacial score (nSPS) is 21.9. The van der Waals surface area contributed by atoms with E-state index in [4.69, 9.17) is 9.47 Å². The molecule has 3 aliphatic rings. The van der Waals surface area contributed by atoms with Crippen molar-refractivity contribution >= 4 is 18.0 Å². The number of fused-ring (bicyclic) bond motifs is 3. The quantitative estimate of drug-likeness (QED) is 0.652. The van der Waals surface area contributed by atoms with Crippen LogP contribution >= 0.6 is 0 Å². The molecule has 0 radical (unpaired) electrons. The summed E-state index contributed by atoms with van der Waals surface area (Å²) in [6, 6.07) is 15.0. The van der Waals surface area contributed by atoms with Gasteiger partial charge < -0.3 is 24.8 Å². The number of alkyl carbamates (subject to hydrolysis) is 1. The van der Waals surface area contributed by atoms with Crippen LogP contribution in [0.2, 0.25) is 0 Å². The zero-order valence-corrected chi connectivity index (χ0v) is 19.0. The highest BCUT2D eigenvalue weighted by Crippen LogP contribution is 2.44. The molecule has 0 spiro atoms. The highest BCUT2D eigenvalue weighted by molar-refractivity contribution is 5.93. The standard InChI is InChI=1S/C26H28N2O6/c1-16(23(29)30)28(17-10-11-17)24(31)26(12-13-33-15-26)27-25(32)34-14-22-20-8-4-2-6-18(20)19-7-3-5-9-21(19)22/h2-9,16-17,22H,10-15H2,1H3,(H,27,32)(H,29,30). The third-order valence-corrected chi connectivity index (χ3v) is 7.07. The summed E-state index contributed by atoms with van der Waals surface area (Å²) in [5.74, 6) is -1.59. The maximum Gasteiger partial charge on any atom is 0.408 e. The van der Waals surface area contributed by atoms with Crippen LogP contribution in [0.1, 0.15) is 43.2 Å². The maximum atomic E-state index is 13.5. The number of carbonyl (C=O) groups is 3. The Labute approximate surface area is 197 Å². The Morgan fingerprint density at radius 3 is 2.26 bits per heavy atom. The van der Waals surface area contributed by atoms with E-state index in [0.717, 1.165) is 35.1 Å². The number of nitrogens with one attached hydrogen (secondary N) is 1. The van der Waals surface area contributed by atoms with Gasteiger partial charge in [-0.05, 0) is 42.0 Å². The summed E-state index contributed by atoms with van der Waals surface area (Å²) in [6.45, 7) is 1.92. The summed E-state index contributed by atoms with van der Waals surface area (Å²) in [5, 5.41) is 12.3. The lowest BCUT2D eigenvalue weighted by Crippen LogP contribution is -2.63. The van der Waals surface area contributed by atoms with Gasteiger partial charge in [0.05, 0.1) is 6.61 Å². The molecule has 8 nitrogen and oxygen atoms in total. The molecular weight excluding hydrogens is 436 g/mol. The maximum absolute atomic E-state index is 13.5. The Kier molecular flexibility index (Phi) is 5.77. The van der Waals surface area contributed by atoms with E-state index in [1.165, 1.54) is 11.8 Å². The summed E-state index contributed by atoms with van der Waals surface area (Å²) < 4.78 is 11.1. The molecule has 178 valence electrons. The Morgan fingerprint density at radius 1 is 1.12 bits per heavy atom. The van der Waals surface area contributed by atoms with Crippen molar-refractivity contribution in [2.45, 2.75) is 49.7 Å². The molecule has 0 aromatic heterocycles. The summed E-state index contributed by atoms with van der Waals surface area (Å²) in [4.78, 5) is 39.5. The highest BCUT2D eigenvalue weighted by Gasteiger charge is 2.51. The fraction of sp³-hybridized carbons (Fsp3) is 0.423. The first-order chi connectivity index (χ1) is 16.4. The summed E-state index contributed by atoms with van der Waals surface area (Å²) >= 11 is 0. The number of benzene rings is 2. The molecule has 1 saturated heterocycles. The first-order valence-electron chi connectivity index (χ1n) is 11.7. The third-order valence-electron chi connectivity index (χ3n) is 7.07. The van der Waals surface area contributed by atoms with Gasteiger partial charge in [0.15, 0.2) is 0 Å². The van der Waals surface area contributed by atoms with Crippen LogP contribution in [0.5, 0.6) is 0 Å². The molecular formula is C26H28N2O6. The number of hydrogen-bond acceptors (Lipinski definition) is 5. The summed E-state index contributed by atoms with van der Waals surface area (Å²) in [5.41, 5.74) is 3.13. The zero-order chi connectivity index (χ0) is 23.9. The van der Waals surface area contributed by atoms with Gasteiger partial charge in [0.2, 0.25) is 0 Å². The fourth-order valence-corrected chi connectivity index (χ4v) is 5.09. The van der Waals surface area contributed by atoms with Gasteiger partial charge in [-0.15, -0.1) is 0 Å². The van der Waals surface area contributed by atoms with E-state index < -0.39 is 29.6 Å². The molecule has 2 N–H and O–H groups in total. The van der Waals surface area contributed by atoms with E-state index in [1.54, 1.807) is 0 Å². The van der Waals surface area contributed by atoms with Crippen molar-refractivity contribution in [2.75, 3.05) is 19.8 Å². The molecule has 1 saturated carbocycles. The van der Waals surface area contributed by atoms with Crippen LogP contribution in [0.3, 0.4) is 0 Å². The van der Waals surface area contributed by atoms with Gasteiger partial charge in [-0.25, -0.2) is 9.59 Å². The Morgan fingerprint density at radius 2 is 1.74 bits per heavy atom. The first-order valence-corrected chi connectivity index (χ1v) is 11.7. The molecule has 2 aromatic carbocycles. The molecule has 34 heavy (non-hydrogen) atoms. The van der Waals surface area contributed by atoms with Crippen LogP contribution in [0.4, 0.5) is 4.79 Å². The van der Waals surface area contributed by atoms with Gasteiger partial charge in [-0.1, -0.05) is 48.5 Å². The van der Waals surface area contributed by atoms with E-state index >= 15 is 0 Å². The predicted octanol–water partition coefficient (Wildman–Crippen LogP) is 3.15. The first kappa shape index (κ1) is 22.4. The van der Waals surface area contributed by atoms with Gasteiger partial charge in [0, 0.05) is 25.0 Å². The largest absolute Gasteiger partial charge is 0.480 e. The van der Waals surface area contributed by atoms with Gasteiger partial charge in [0.25, 0.3) is 5.91 Å². The smallest absolute Gasteiger partial charge is 0.408 e. The molecule has 2 atom stereocenters. The van der Waals surface area contributed by atoms with Crippen LogP contribution in [0.25, 0.3) is 11.1 Å². The van der Waals surface area contributed by atoms with Crippen LogP contribution in [0, 0.1) is 0 Å². The van der Waals surface area contributed by atoms with Gasteiger partial charge in [-0.3, -0.25) is 4.79 Å². The van der Waals surface area contributed by atoms with Gasteiger partial charge in [-0.2, -0.15) is 0 Å². The second-order valence-electron chi connectivity index (χ2n) is 9.29. The van der Waals surface area contributed by atoms with Crippen molar-refractivity contribution in [1.82, 2.24) is 10.2 Å². The number of ether oxygens (including phenoxy) is 2. The van der Waals surface area contributed by atoms with Crippen LogP contribution in [0.15, 0.2) is 48.5 Å². The van der Waals surface area contributed by atoms with Crippen molar-refractivity contribution in [3.8, 4) is 11.1 Å². The molecule has 1 heterocycles. The van der Waals surface area contributed by atoms with E-state index in [1.807, 2.05) is 36.4 Å². The predicted molar refractivity (Wildman–Crippen MR) is 123 cm³/mol. The lowest BCUT2D eigenvalue weighted by atomic mass is 9.95. The molecule has 0 bridgehead atoms. The minimum absolute atomic E-state index is 0.00835. The number of aliphatic carboxylic acids is 1. The average molecular weight is 465 g/mol. The molecule has 8 heteroatoms. The van der Waals surface area contributed by atoms with Crippen LogP contribution < -0.4 is 5.32 Å². The number of carboxylic acid groups (broad SMARTS) is 1. The topological polar surface area (TPSA) is 105 Å². The Bertz CT molecular complexity index is 1080. The second kappa shape index (κ2) is 8.76. The Balaban J connectivity index is 1.31. The van der Waals surface area contributed by atoms with Gasteiger partial charge in [0.1, 0.15) is 18.2 Å². The second-order valence-corrected chi connectivity index (χ2v) is 9.29. The van der Waals surface area contributed by atoms with Crippen molar-refractivity contribution in [3.05, 3.63) is 59.7 Å². The lowest BCUT2D eigenvalue weighted by molar-refractivity contribution is -0.153. The zero-order valence-electron chi connectivity index (χ0n) is 19.0. The lowest BCUT2D eigenvalue weighted by Gasteiger charge is -2.36. The van der Waals surface area contributed by atoms with Crippen molar-refractivity contribution in [2.24, 2.45) is 0 Å². The number of rotatable bonds is 7. The monoisotopic (exact) mass is 464 g/mol. The number of nitrogens with zero attached hydrogens (tertiary/aromatic N) is 1. The van der Waals surface area contributed by atoms with E-state index in [9.17, 15) is 19.5 Å². The molecule has 5 rings (SSSR count). The molecule has 2 aliphatic carbocycles. The fourth-order valence-electron chi connectivity index (χ4n) is 5.09. The third kappa shape index (κ3) is 3.92. The molecule has 2 unspecified atom stereocenters. The molecule has 2 amide bonds. The van der Waals surface area contributed by atoms with Crippen LogP contribution in [-0.2, 0) is 19.1 Å². The van der Waals surface area contributed by atoms with E-state index in [2.05, 4.69) is 17.4 Å². The van der Waals surface area contributed by atoms with Crippen LogP contribution in [-0.4, -0.2) is 65.4 Å².